The predicted molar refractivity (Wildman–Crippen MR) is 66.7 cm³/mol. The van der Waals surface area contributed by atoms with Crippen LogP contribution < -0.4 is 5.32 Å². The molecule has 1 aromatic heterocycles. The number of imidazole rings is 1. The molecule has 4 heteroatoms. The van der Waals surface area contributed by atoms with Crippen molar-refractivity contribution in [3.63, 3.8) is 0 Å². The van der Waals surface area contributed by atoms with Gasteiger partial charge in [-0.2, -0.15) is 0 Å². The van der Waals surface area contributed by atoms with Crippen LogP contribution in [0.2, 0.25) is 0 Å². The summed E-state index contributed by atoms with van der Waals surface area (Å²) >= 11 is 0. The fourth-order valence-electron chi connectivity index (χ4n) is 2.45. The summed E-state index contributed by atoms with van der Waals surface area (Å²) in [5.74, 6) is 0.355. The van der Waals surface area contributed by atoms with Crippen molar-refractivity contribution in [2.24, 2.45) is 5.92 Å². The molecule has 0 aliphatic heterocycles. The fourth-order valence-corrected chi connectivity index (χ4v) is 2.45. The van der Waals surface area contributed by atoms with Crippen molar-refractivity contribution in [1.29, 1.82) is 0 Å². The number of rotatable bonds is 2. The number of carbonyl (C=O) groups is 1. The third kappa shape index (κ3) is 2.02. The van der Waals surface area contributed by atoms with Crippen molar-refractivity contribution in [2.75, 3.05) is 5.32 Å². The van der Waals surface area contributed by atoms with Crippen LogP contribution in [0, 0.1) is 5.92 Å². The first-order valence-corrected chi connectivity index (χ1v) is 6.07. The maximum atomic E-state index is 12.0. The largest absolute Gasteiger partial charge is 0.345 e. The number of fused-ring (bicyclic) bond motifs is 1. The Balaban J connectivity index is 1.77. The number of benzene rings is 1. The Labute approximate surface area is 99.4 Å². The maximum Gasteiger partial charge on any atom is 0.227 e. The van der Waals surface area contributed by atoms with E-state index in [1.165, 1.54) is 12.8 Å². The Morgan fingerprint density at radius 3 is 3.00 bits per heavy atom. The summed E-state index contributed by atoms with van der Waals surface area (Å²) in [6.45, 7) is 0. The Kier molecular flexibility index (Phi) is 2.55. The highest BCUT2D eigenvalue weighted by Gasteiger charge is 2.22. The molecule has 0 radical (unpaired) electrons. The number of H-pyrrole nitrogens is 1. The van der Waals surface area contributed by atoms with Gasteiger partial charge in [0.25, 0.3) is 0 Å². The number of anilines is 1. The van der Waals surface area contributed by atoms with E-state index < -0.39 is 0 Å². The average molecular weight is 229 g/mol. The summed E-state index contributed by atoms with van der Waals surface area (Å²) < 4.78 is 0. The lowest BCUT2D eigenvalue weighted by molar-refractivity contribution is -0.119. The maximum absolute atomic E-state index is 12.0. The van der Waals surface area contributed by atoms with Gasteiger partial charge >= 0.3 is 0 Å². The van der Waals surface area contributed by atoms with Gasteiger partial charge in [-0.05, 0) is 31.0 Å². The van der Waals surface area contributed by atoms with Crippen LogP contribution >= 0.6 is 0 Å². The standard InChI is InChI=1S/C13H15N3O/c17-13(9-3-1-2-4-9)16-10-5-6-11-12(7-10)15-8-14-11/h5-9H,1-4H2,(H,14,15)(H,16,17). The number of hydrogen-bond donors (Lipinski definition) is 2. The van der Waals surface area contributed by atoms with Crippen molar-refractivity contribution in [2.45, 2.75) is 25.7 Å². The zero-order valence-corrected chi connectivity index (χ0v) is 9.57. The number of amides is 1. The van der Waals surface area contributed by atoms with Crippen LogP contribution in [0.15, 0.2) is 24.5 Å². The molecule has 1 aromatic carbocycles. The van der Waals surface area contributed by atoms with Gasteiger partial charge in [0.05, 0.1) is 17.4 Å². The summed E-state index contributed by atoms with van der Waals surface area (Å²) in [4.78, 5) is 19.1. The lowest BCUT2D eigenvalue weighted by Crippen LogP contribution is -2.20. The molecule has 1 fully saturated rings. The molecule has 0 bridgehead atoms. The van der Waals surface area contributed by atoms with Crippen LogP contribution in [-0.4, -0.2) is 15.9 Å². The summed E-state index contributed by atoms with van der Waals surface area (Å²) in [5.41, 5.74) is 2.72. The molecule has 0 saturated heterocycles. The van der Waals surface area contributed by atoms with Crippen molar-refractivity contribution in [3.8, 4) is 0 Å². The van der Waals surface area contributed by atoms with Crippen LogP contribution in [0.4, 0.5) is 5.69 Å². The van der Waals surface area contributed by atoms with E-state index in [1.54, 1.807) is 6.33 Å². The second kappa shape index (κ2) is 4.20. The van der Waals surface area contributed by atoms with Gasteiger partial charge in [-0.3, -0.25) is 4.79 Å². The first-order valence-electron chi connectivity index (χ1n) is 6.07. The van der Waals surface area contributed by atoms with E-state index in [1.807, 2.05) is 18.2 Å². The summed E-state index contributed by atoms with van der Waals surface area (Å²) in [6.07, 6.45) is 6.07. The zero-order chi connectivity index (χ0) is 11.7. The SMILES string of the molecule is O=C(Nc1ccc2nc[nH]c2c1)C1CCCC1. The number of nitrogens with zero attached hydrogens (tertiary/aromatic N) is 1. The van der Waals surface area contributed by atoms with Crippen LogP contribution in [0.5, 0.6) is 0 Å². The van der Waals surface area contributed by atoms with Crippen molar-refractivity contribution in [1.82, 2.24) is 9.97 Å². The Morgan fingerprint density at radius 1 is 1.35 bits per heavy atom. The highest BCUT2D eigenvalue weighted by atomic mass is 16.1. The van der Waals surface area contributed by atoms with E-state index in [0.717, 1.165) is 29.6 Å². The molecule has 0 unspecified atom stereocenters. The van der Waals surface area contributed by atoms with Gasteiger partial charge in [0.2, 0.25) is 5.91 Å². The third-order valence-electron chi connectivity index (χ3n) is 3.41. The van der Waals surface area contributed by atoms with E-state index in [9.17, 15) is 4.79 Å². The average Bonchev–Trinajstić information content (AvgIpc) is 2.99. The number of aromatic nitrogens is 2. The summed E-state index contributed by atoms with van der Waals surface area (Å²) in [7, 11) is 0. The van der Waals surface area contributed by atoms with E-state index in [4.69, 9.17) is 0 Å². The van der Waals surface area contributed by atoms with Gasteiger partial charge in [-0.25, -0.2) is 4.98 Å². The fraction of sp³-hybridized carbons (Fsp3) is 0.385. The first-order chi connectivity index (χ1) is 8.33. The van der Waals surface area contributed by atoms with Gasteiger partial charge in [-0.1, -0.05) is 12.8 Å². The minimum Gasteiger partial charge on any atom is -0.345 e. The van der Waals surface area contributed by atoms with Gasteiger partial charge < -0.3 is 10.3 Å². The normalized spacial score (nSPS) is 16.5. The monoisotopic (exact) mass is 229 g/mol. The van der Waals surface area contributed by atoms with Crippen molar-refractivity contribution in [3.05, 3.63) is 24.5 Å². The molecule has 1 heterocycles. The zero-order valence-electron chi connectivity index (χ0n) is 9.57. The molecule has 0 spiro atoms. The quantitative estimate of drug-likeness (QED) is 0.831. The molecule has 3 rings (SSSR count). The summed E-state index contributed by atoms with van der Waals surface area (Å²) in [5, 5.41) is 2.98. The second-order valence-electron chi connectivity index (χ2n) is 4.61. The lowest BCUT2D eigenvalue weighted by Gasteiger charge is -2.10. The predicted octanol–water partition coefficient (Wildman–Crippen LogP) is 2.69. The number of carbonyl (C=O) groups excluding carboxylic acids is 1. The second-order valence-corrected chi connectivity index (χ2v) is 4.61. The molecule has 1 aliphatic carbocycles. The Bertz CT molecular complexity index is 540. The molecule has 2 aromatic rings. The molecule has 4 nitrogen and oxygen atoms in total. The van der Waals surface area contributed by atoms with Crippen LogP contribution in [-0.2, 0) is 4.79 Å². The lowest BCUT2D eigenvalue weighted by atomic mass is 10.1. The van der Waals surface area contributed by atoms with Crippen molar-refractivity contribution >= 4 is 22.6 Å². The Hall–Kier alpha value is -1.84. The molecular formula is C13H15N3O. The number of hydrogen-bond acceptors (Lipinski definition) is 2. The minimum atomic E-state index is 0.154. The van der Waals surface area contributed by atoms with E-state index in [2.05, 4.69) is 15.3 Å². The van der Waals surface area contributed by atoms with Crippen LogP contribution in [0.25, 0.3) is 11.0 Å². The highest BCUT2D eigenvalue weighted by molar-refractivity contribution is 5.94. The molecular weight excluding hydrogens is 214 g/mol. The number of nitrogens with one attached hydrogen (secondary N) is 2. The third-order valence-corrected chi connectivity index (χ3v) is 3.41. The van der Waals surface area contributed by atoms with Crippen LogP contribution in [0.1, 0.15) is 25.7 Å². The molecule has 1 aliphatic rings. The van der Waals surface area contributed by atoms with Gasteiger partial charge in [0, 0.05) is 11.6 Å². The topological polar surface area (TPSA) is 57.8 Å². The smallest absolute Gasteiger partial charge is 0.227 e. The molecule has 1 amide bonds. The first kappa shape index (κ1) is 10.3. The molecule has 2 N–H and O–H groups in total. The molecule has 17 heavy (non-hydrogen) atoms. The van der Waals surface area contributed by atoms with E-state index in [-0.39, 0.29) is 11.8 Å². The molecule has 0 atom stereocenters. The molecule has 1 saturated carbocycles. The van der Waals surface area contributed by atoms with E-state index >= 15 is 0 Å². The van der Waals surface area contributed by atoms with Crippen LogP contribution in [0.3, 0.4) is 0 Å². The Morgan fingerprint density at radius 2 is 2.18 bits per heavy atom. The number of aromatic amines is 1. The van der Waals surface area contributed by atoms with Gasteiger partial charge in [0.1, 0.15) is 0 Å². The van der Waals surface area contributed by atoms with Crippen molar-refractivity contribution < 1.29 is 4.79 Å². The molecule has 88 valence electrons. The van der Waals surface area contributed by atoms with Gasteiger partial charge in [0.15, 0.2) is 0 Å². The summed E-state index contributed by atoms with van der Waals surface area (Å²) in [6, 6.07) is 5.74. The van der Waals surface area contributed by atoms with E-state index in [0.29, 0.717) is 0 Å². The highest BCUT2D eigenvalue weighted by Crippen LogP contribution is 2.26. The van der Waals surface area contributed by atoms with Gasteiger partial charge in [-0.15, -0.1) is 0 Å². The minimum absolute atomic E-state index is 0.154.